The largest absolute Gasteiger partial charge is 0.491 e. The molecule has 4 aromatic carbocycles. The minimum absolute atomic E-state index is 0.0463. The van der Waals surface area contributed by atoms with Gasteiger partial charge in [0, 0.05) is 83.0 Å². The lowest BCUT2D eigenvalue weighted by atomic mass is 9.86. The summed E-state index contributed by atoms with van der Waals surface area (Å²) < 4.78 is 25.3. The van der Waals surface area contributed by atoms with E-state index in [2.05, 4.69) is 114 Å². The van der Waals surface area contributed by atoms with Crippen LogP contribution in [0.3, 0.4) is 0 Å². The number of hydrogen-bond acceptors (Lipinski definition) is 16. The maximum atomic E-state index is 12.3. The van der Waals surface area contributed by atoms with Crippen molar-refractivity contribution in [3.05, 3.63) is 118 Å². The van der Waals surface area contributed by atoms with Gasteiger partial charge in [0.2, 0.25) is 17.8 Å². The molecule has 0 aliphatic carbocycles. The smallest absolute Gasteiger partial charge is 0.229 e. The van der Waals surface area contributed by atoms with Gasteiger partial charge in [-0.05, 0) is 152 Å². The molecule has 1 amide bonds. The Morgan fingerprint density at radius 2 is 1.10 bits per heavy atom. The second kappa shape index (κ2) is 24.4. The van der Waals surface area contributed by atoms with Crippen LogP contribution in [-0.2, 0) is 41.2 Å². The lowest BCUT2D eigenvalue weighted by Crippen LogP contribution is -2.41. The lowest BCUT2D eigenvalue weighted by Gasteiger charge is -2.39. The Hall–Kier alpha value is -7.87. The Labute approximate surface area is 463 Å². The fraction of sp³-hybridized carbons (Fsp3) is 0.417. The number of carbonyl (C=O) groups excluding carboxylic acids is 1. The molecule has 2 unspecified atom stereocenters. The average molecular weight is 1070 g/mol. The van der Waals surface area contributed by atoms with Crippen LogP contribution in [0, 0.1) is 39.5 Å². The molecule has 6 heterocycles. The molecule has 0 saturated heterocycles. The van der Waals surface area contributed by atoms with E-state index in [1.165, 1.54) is 22.3 Å². The quantitative estimate of drug-likeness (QED) is 0.0507. The molecule has 79 heavy (non-hydrogen) atoms. The van der Waals surface area contributed by atoms with E-state index in [-0.39, 0.29) is 11.9 Å². The molecule has 19 nitrogen and oxygen atoms in total. The molecule has 2 atom stereocenters. The lowest BCUT2D eigenvalue weighted by molar-refractivity contribution is -0.132. The van der Waals surface area contributed by atoms with Crippen molar-refractivity contribution < 1.29 is 23.7 Å². The molecule has 0 spiro atoms. The van der Waals surface area contributed by atoms with Gasteiger partial charge in [0.15, 0.2) is 22.9 Å². The van der Waals surface area contributed by atoms with Gasteiger partial charge in [-0.3, -0.25) is 4.79 Å². The second-order valence-electron chi connectivity index (χ2n) is 21.3. The molecular weight excluding hydrogens is 997 g/mol. The number of hydrogen-bond donors (Lipinski definition) is 5. The molecule has 5 N–H and O–H groups in total. The van der Waals surface area contributed by atoms with E-state index >= 15 is 0 Å². The van der Waals surface area contributed by atoms with Crippen LogP contribution in [0.2, 0.25) is 0 Å². The summed E-state index contributed by atoms with van der Waals surface area (Å²) >= 11 is 0. The Morgan fingerprint density at radius 1 is 0.633 bits per heavy atom. The number of aromatic nitrogens is 8. The Bertz CT molecular complexity index is 3430. The van der Waals surface area contributed by atoms with Gasteiger partial charge in [-0.1, -0.05) is 39.8 Å². The number of amides is 1. The van der Waals surface area contributed by atoms with Crippen LogP contribution in [-0.4, -0.2) is 104 Å². The Balaban J connectivity index is 0.000000192. The molecule has 0 radical (unpaired) electrons. The van der Waals surface area contributed by atoms with E-state index in [1.807, 2.05) is 63.3 Å². The third-order valence-corrected chi connectivity index (χ3v) is 14.6. The normalized spacial score (nSPS) is 14.9. The maximum Gasteiger partial charge on any atom is 0.229 e. The standard InChI is InChI=1S/C31H39N7O3.C29H37N7O2/c1-18(2)28-25-16-23(9-8-22(25)10-11-38(28)21(5)39)33-31-32-17-26-29(36-37(6)30(26)35-31)34-27-19(3)14-24(15-20(27)4)41-13-12-40-7;1-17(2)25-23-15-21(8-7-20(23)9-10-30-25)32-29-31-16-24-27(35-36(5)28(24)34-29)33-26-18(3)13-22(14-19(26)4)38-12-11-37-6/h8-9,14-18,28H,10-13H2,1-7H3,(H,34,36)(H,32,33,35);7-8,13-17,25,30H,9-12H2,1-6H3,(H,33,35)(H,31,32,34). The number of anilines is 8. The van der Waals surface area contributed by atoms with E-state index in [0.29, 0.717) is 73.5 Å². The summed E-state index contributed by atoms with van der Waals surface area (Å²) in [4.78, 5) is 33.1. The van der Waals surface area contributed by atoms with Crippen LogP contribution < -0.4 is 36.1 Å². The summed E-state index contributed by atoms with van der Waals surface area (Å²) in [6, 6.07) is 21.3. The summed E-state index contributed by atoms with van der Waals surface area (Å²) in [5, 5.41) is 28.5. The van der Waals surface area contributed by atoms with Gasteiger partial charge in [0.25, 0.3) is 0 Å². The monoisotopic (exact) mass is 1070 g/mol. The molecule has 416 valence electrons. The van der Waals surface area contributed by atoms with E-state index < -0.39 is 0 Å². The SMILES string of the molecule is COCCOc1cc(C)c(Nc2nn(C)c3nc(Nc4ccc5c(c4)C(C(C)C)N(C(C)=O)CC5)ncc23)c(C)c1.COCCOc1cc(C)c(Nc2nn(C)c3nc(Nc4ccc5c(c4)C(C(C)C)NCC5)ncc23)c(C)c1. The number of fused-ring (bicyclic) bond motifs is 4. The van der Waals surface area contributed by atoms with Crippen LogP contribution in [0.1, 0.15) is 91.2 Å². The first-order chi connectivity index (χ1) is 38.0. The number of carbonyl (C=O) groups is 1. The topological polar surface area (TPSA) is 205 Å². The molecule has 2 aliphatic heterocycles. The average Bonchev–Trinajstić information content (AvgIpc) is 3.93. The highest BCUT2D eigenvalue weighted by atomic mass is 16.5. The third-order valence-electron chi connectivity index (χ3n) is 14.6. The van der Waals surface area contributed by atoms with E-state index in [4.69, 9.17) is 39.1 Å². The van der Waals surface area contributed by atoms with Crippen LogP contribution in [0.15, 0.2) is 73.1 Å². The fourth-order valence-corrected chi connectivity index (χ4v) is 10.8. The predicted octanol–water partition coefficient (Wildman–Crippen LogP) is 10.9. The first-order valence-electron chi connectivity index (χ1n) is 27.2. The molecular formula is C60H76N14O5. The van der Waals surface area contributed by atoms with E-state index in [0.717, 1.165) is 98.9 Å². The molecule has 4 aromatic heterocycles. The van der Waals surface area contributed by atoms with Gasteiger partial charge < -0.3 is 50.4 Å². The van der Waals surface area contributed by atoms with Gasteiger partial charge >= 0.3 is 0 Å². The Kier molecular flexibility index (Phi) is 17.3. The zero-order valence-electron chi connectivity index (χ0n) is 48.0. The zero-order valence-corrected chi connectivity index (χ0v) is 48.0. The minimum Gasteiger partial charge on any atom is -0.491 e. The number of rotatable bonds is 18. The van der Waals surface area contributed by atoms with Crippen molar-refractivity contribution in [2.75, 3.05) is 75.0 Å². The van der Waals surface area contributed by atoms with Gasteiger partial charge in [-0.15, -0.1) is 0 Å². The van der Waals surface area contributed by atoms with Crippen molar-refractivity contribution in [3.8, 4) is 11.5 Å². The summed E-state index contributed by atoms with van der Waals surface area (Å²) in [7, 11) is 7.10. The number of benzene rings is 4. The molecule has 0 bridgehead atoms. The Morgan fingerprint density at radius 3 is 1.54 bits per heavy atom. The molecule has 2 aliphatic rings. The van der Waals surface area contributed by atoms with Crippen molar-refractivity contribution in [1.82, 2.24) is 49.7 Å². The maximum absolute atomic E-state index is 12.3. The summed E-state index contributed by atoms with van der Waals surface area (Å²) in [5.41, 5.74) is 14.7. The van der Waals surface area contributed by atoms with Crippen LogP contribution in [0.25, 0.3) is 22.1 Å². The number of aryl methyl sites for hydroxylation is 6. The van der Waals surface area contributed by atoms with Crippen molar-refractivity contribution in [2.24, 2.45) is 25.9 Å². The molecule has 8 aromatic rings. The highest BCUT2D eigenvalue weighted by Gasteiger charge is 2.32. The first kappa shape index (κ1) is 55.9. The number of nitrogens with zero attached hydrogens (tertiary/aromatic N) is 9. The van der Waals surface area contributed by atoms with Gasteiger partial charge in [-0.25, -0.2) is 19.3 Å². The van der Waals surface area contributed by atoms with Gasteiger partial charge in [0.05, 0.1) is 30.0 Å². The highest BCUT2D eigenvalue weighted by molar-refractivity contribution is 5.91. The first-order valence-corrected chi connectivity index (χ1v) is 27.2. The predicted molar refractivity (Wildman–Crippen MR) is 313 cm³/mol. The van der Waals surface area contributed by atoms with Gasteiger partial charge in [0.1, 0.15) is 24.7 Å². The summed E-state index contributed by atoms with van der Waals surface area (Å²) in [5.74, 6) is 4.99. The zero-order chi connectivity index (χ0) is 56.1. The van der Waals surface area contributed by atoms with Crippen LogP contribution in [0.5, 0.6) is 11.5 Å². The third kappa shape index (κ3) is 12.5. The van der Waals surface area contributed by atoms with Crippen molar-refractivity contribution in [2.45, 2.75) is 87.2 Å². The fourth-order valence-electron chi connectivity index (χ4n) is 10.8. The van der Waals surface area contributed by atoms with Crippen molar-refractivity contribution >= 4 is 74.3 Å². The molecule has 0 saturated carbocycles. The van der Waals surface area contributed by atoms with Gasteiger partial charge in [-0.2, -0.15) is 20.2 Å². The molecule has 10 rings (SSSR count). The second-order valence-corrected chi connectivity index (χ2v) is 21.3. The summed E-state index contributed by atoms with van der Waals surface area (Å²) in [6.07, 6.45) is 5.52. The van der Waals surface area contributed by atoms with Crippen molar-refractivity contribution in [3.63, 3.8) is 0 Å². The van der Waals surface area contributed by atoms with E-state index in [1.54, 1.807) is 36.7 Å². The van der Waals surface area contributed by atoms with Crippen LogP contribution in [0.4, 0.5) is 46.3 Å². The van der Waals surface area contributed by atoms with Crippen molar-refractivity contribution in [1.29, 1.82) is 0 Å². The minimum atomic E-state index is 0.0463. The summed E-state index contributed by atoms with van der Waals surface area (Å²) in [6.45, 7) is 22.6. The number of methoxy groups -OCH3 is 2. The van der Waals surface area contributed by atoms with E-state index in [9.17, 15) is 4.79 Å². The highest BCUT2D eigenvalue weighted by Crippen LogP contribution is 2.39. The molecule has 0 fully saturated rings. The molecule has 19 heteroatoms. The number of nitrogens with one attached hydrogen (secondary N) is 5. The number of ether oxygens (including phenoxy) is 4. The van der Waals surface area contributed by atoms with Crippen LogP contribution >= 0.6 is 0 Å².